The molecule has 1 fully saturated rings. The van der Waals surface area contributed by atoms with Crippen LogP contribution in [0.3, 0.4) is 0 Å². The third-order valence-corrected chi connectivity index (χ3v) is 3.75. The largest absolute Gasteiger partial charge is 0.384 e. The molecule has 0 bridgehead atoms. The first-order valence-corrected chi connectivity index (χ1v) is 6.91. The predicted molar refractivity (Wildman–Crippen MR) is 74.7 cm³/mol. The molecule has 0 unspecified atom stereocenters. The van der Waals surface area contributed by atoms with Crippen molar-refractivity contribution in [2.24, 2.45) is 0 Å². The van der Waals surface area contributed by atoms with Gasteiger partial charge in [0.2, 0.25) is 0 Å². The molecular formula is C15H21FN2O2. The number of halogens is 1. The van der Waals surface area contributed by atoms with E-state index in [1.54, 1.807) is 17.0 Å². The van der Waals surface area contributed by atoms with Crippen LogP contribution in [0.5, 0.6) is 0 Å². The second-order valence-corrected chi connectivity index (χ2v) is 5.35. The van der Waals surface area contributed by atoms with Crippen LogP contribution in [0.25, 0.3) is 0 Å². The molecule has 1 amide bonds. The summed E-state index contributed by atoms with van der Waals surface area (Å²) < 4.78 is 13.3. The SMILES string of the molecule is Cc1ccc(F)cc1CN1CCN(C(=O)[C@@H](C)O)CC1. The molecule has 1 atom stereocenters. The maximum Gasteiger partial charge on any atom is 0.251 e. The molecule has 1 aliphatic rings. The molecule has 4 nitrogen and oxygen atoms in total. The van der Waals surface area contributed by atoms with Crippen LogP contribution in [-0.2, 0) is 11.3 Å². The van der Waals surface area contributed by atoms with Crippen molar-refractivity contribution in [3.8, 4) is 0 Å². The fourth-order valence-corrected chi connectivity index (χ4v) is 2.44. The number of piperazine rings is 1. The van der Waals surface area contributed by atoms with Gasteiger partial charge in [-0.3, -0.25) is 9.69 Å². The molecule has 1 saturated heterocycles. The van der Waals surface area contributed by atoms with Crippen molar-refractivity contribution in [2.45, 2.75) is 26.5 Å². The summed E-state index contributed by atoms with van der Waals surface area (Å²) in [5, 5.41) is 9.29. The van der Waals surface area contributed by atoms with Crippen LogP contribution in [0.1, 0.15) is 18.1 Å². The second kappa shape index (κ2) is 6.33. The molecule has 0 aromatic heterocycles. The number of carbonyl (C=O) groups excluding carboxylic acids is 1. The zero-order valence-corrected chi connectivity index (χ0v) is 12.0. The first-order chi connectivity index (χ1) is 9.47. The highest BCUT2D eigenvalue weighted by Gasteiger charge is 2.23. The van der Waals surface area contributed by atoms with Crippen molar-refractivity contribution >= 4 is 5.91 Å². The van der Waals surface area contributed by atoms with Crippen molar-refractivity contribution in [3.05, 3.63) is 35.1 Å². The molecule has 5 heteroatoms. The molecule has 110 valence electrons. The summed E-state index contributed by atoms with van der Waals surface area (Å²) in [5.74, 6) is -0.430. The highest BCUT2D eigenvalue weighted by molar-refractivity contribution is 5.80. The smallest absolute Gasteiger partial charge is 0.251 e. The van der Waals surface area contributed by atoms with E-state index in [-0.39, 0.29) is 11.7 Å². The Bertz CT molecular complexity index is 483. The lowest BCUT2D eigenvalue weighted by molar-refractivity contribution is -0.141. The molecule has 2 rings (SSSR count). The lowest BCUT2D eigenvalue weighted by Crippen LogP contribution is -2.50. The van der Waals surface area contributed by atoms with E-state index in [4.69, 9.17) is 0 Å². The van der Waals surface area contributed by atoms with Gasteiger partial charge in [-0.1, -0.05) is 6.07 Å². The average molecular weight is 280 g/mol. The minimum Gasteiger partial charge on any atom is -0.384 e. The maximum atomic E-state index is 13.3. The van der Waals surface area contributed by atoms with Crippen molar-refractivity contribution in [2.75, 3.05) is 26.2 Å². The van der Waals surface area contributed by atoms with Gasteiger partial charge in [0.15, 0.2) is 0 Å². The number of hydrogen-bond donors (Lipinski definition) is 1. The molecule has 0 radical (unpaired) electrons. The molecule has 0 spiro atoms. The fraction of sp³-hybridized carbons (Fsp3) is 0.533. The van der Waals surface area contributed by atoms with E-state index >= 15 is 0 Å². The predicted octanol–water partition coefficient (Wildman–Crippen LogP) is 1.16. The van der Waals surface area contributed by atoms with Crippen LogP contribution in [0, 0.1) is 12.7 Å². The number of amides is 1. The van der Waals surface area contributed by atoms with E-state index in [0.717, 1.165) is 24.2 Å². The molecule has 1 N–H and O–H groups in total. The van der Waals surface area contributed by atoms with E-state index in [0.29, 0.717) is 19.6 Å². The molecule has 1 aliphatic heterocycles. The Balaban J connectivity index is 1.91. The minimum atomic E-state index is -0.938. The topological polar surface area (TPSA) is 43.8 Å². The van der Waals surface area contributed by atoms with Gasteiger partial charge in [0.25, 0.3) is 5.91 Å². The molecule has 1 heterocycles. The number of nitrogens with zero attached hydrogens (tertiary/aromatic N) is 2. The Kier molecular flexibility index (Phi) is 4.73. The zero-order chi connectivity index (χ0) is 14.7. The Morgan fingerprint density at radius 2 is 2.00 bits per heavy atom. The van der Waals surface area contributed by atoms with E-state index in [1.165, 1.54) is 13.0 Å². The van der Waals surface area contributed by atoms with Gasteiger partial charge in [-0.05, 0) is 37.1 Å². The monoisotopic (exact) mass is 280 g/mol. The zero-order valence-electron chi connectivity index (χ0n) is 12.0. The van der Waals surface area contributed by atoms with Gasteiger partial charge in [-0.15, -0.1) is 0 Å². The number of rotatable bonds is 3. The summed E-state index contributed by atoms with van der Waals surface area (Å²) in [6.45, 7) is 6.87. The van der Waals surface area contributed by atoms with Gasteiger partial charge in [-0.25, -0.2) is 4.39 Å². The normalized spacial score (nSPS) is 18.1. The molecular weight excluding hydrogens is 259 g/mol. The lowest BCUT2D eigenvalue weighted by atomic mass is 10.1. The van der Waals surface area contributed by atoms with E-state index in [2.05, 4.69) is 4.90 Å². The summed E-state index contributed by atoms with van der Waals surface area (Å²) in [7, 11) is 0. The summed E-state index contributed by atoms with van der Waals surface area (Å²) in [6.07, 6.45) is -0.938. The Hall–Kier alpha value is -1.46. The summed E-state index contributed by atoms with van der Waals surface area (Å²) in [6, 6.07) is 4.83. The van der Waals surface area contributed by atoms with Crippen molar-refractivity contribution in [1.82, 2.24) is 9.80 Å². The molecule has 1 aromatic rings. The van der Waals surface area contributed by atoms with E-state index in [1.807, 2.05) is 6.92 Å². The number of benzene rings is 1. The van der Waals surface area contributed by atoms with Gasteiger partial charge >= 0.3 is 0 Å². The number of aryl methyl sites for hydroxylation is 1. The summed E-state index contributed by atoms with van der Waals surface area (Å²) in [4.78, 5) is 15.6. The van der Waals surface area contributed by atoms with E-state index < -0.39 is 6.10 Å². The van der Waals surface area contributed by atoms with Gasteiger partial charge in [0, 0.05) is 32.7 Å². The van der Waals surface area contributed by atoms with Crippen LogP contribution in [0.15, 0.2) is 18.2 Å². The molecule has 20 heavy (non-hydrogen) atoms. The lowest BCUT2D eigenvalue weighted by Gasteiger charge is -2.35. The Morgan fingerprint density at radius 1 is 1.35 bits per heavy atom. The Morgan fingerprint density at radius 3 is 2.60 bits per heavy atom. The van der Waals surface area contributed by atoms with Gasteiger partial charge in [0.05, 0.1) is 0 Å². The van der Waals surface area contributed by atoms with Crippen molar-refractivity contribution in [1.29, 1.82) is 0 Å². The van der Waals surface area contributed by atoms with Crippen LogP contribution in [0.4, 0.5) is 4.39 Å². The maximum absolute atomic E-state index is 13.3. The highest BCUT2D eigenvalue weighted by atomic mass is 19.1. The fourth-order valence-electron chi connectivity index (χ4n) is 2.44. The van der Waals surface area contributed by atoms with Crippen LogP contribution < -0.4 is 0 Å². The summed E-state index contributed by atoms with van der Waals surface area (Å²) in [5.41, 5.74) is 2.06. The van der Waals surface area contributed by atoms with E-state index in [9.17, 15) is 14.3 Å². The number of carbonyl (C=O) groups is 1. The second-order valence-electron chi connectivity index (χ2n) is 5.35. The van der Waals surface area contributed by atoms with Crippen LogP contribution in [0.2, 0.25) is 0 Å². The third-order valence-electron chi connectivity index (χ3n) is 3.75. The number of aliphatic hydroxyl groups is 1. The Labute approximate surface area is 118 Å². The quantitative estimate of drug-likeness (QED) is 0.903. The number of hydrogen-bond acceptors (Lipinski definition) is 3. The summed E-state index contributed by atoms with van der Waals surface area (Å²) >= 11 is 0. The molecule has 0 saturated carbocycles. The highest BCUT2D eigenvalue weighted by Crippen LogP contribution is 2.14. The van der Waals surface area contributed by atoms with Gasteiger partial charge in [0.1, 0.15) is 11.9 Å². The minimum absolute atomic E-state index is 0.214. The van der Waals surface area contributed by atoms with Crippen molar-refractivity contribution in [3.63, 3.8) is 0 Å². The first-order valence-electron chi connectivity index (χ1n) is 6.91. The molecule has 0 aliphatic carbocycles. The first kappa shape index (κ1) is 14.9. The van der Waals surface area contributed by atoms with Crippen LogP contribution in [-0.4, -0.2) is 53.1 Å². The van der Waals surface area contributed by atoms with Crippen molar-refractivity contribution < 1.29 is 14.3 Å². The van der Waals surface area contributed by atoms with Gasteiger partial charge < -0.3 is 10.0 Å². The average Bonchev–Trinajstić information content (AvgIpc) is 2.43. The van der Waals surface area contributed by atoms with Gasteiger partial charge in [-0.2, -0.15) is 0 Å². The number of aliphatic hydroxyl groups excluding tert-OH is 1. The third kappa shape index (κ3) is 3.55. The standard InChI is InChI=1S/C15H21FN2O2/c1-11-3-4-14(16)9-13(11)10-17-5-7-18(8-6-17)15(20)12(2)19/h3-4,9,12,19H,5-8,10H2,1-2H3/t12-/m1/s1. The molecule has 1 aromatic carbocycles. The van der Waals surface area contributed by atoms with Crippen LogP contribution >= 0.6 is 0 Å².